The predicted molar refractivity (Wildman–Crippen MR) is 91.8 cm³/mol. The summed E-state index contributed by atoms with van der Waals surface area (Å²) < 4.78 is 12.1. The van der Waals surface area contributed by atoms with Crippen molar-refractivity contribution in [3.8, 4) is 5.75 Å². The van der Waals surface area contributed by atoms with Crippen molar-refractivity contribution in [1.29, 1.82) is 0 Å². The molecule has 3 heterocycles. The number of aromatic nitrogens is 1. The second kappa shape index (κ2) is 5.84. The highest BCUT2D eigenvalue weighted by Gasteiger charge is 2.41. The van der Waals surface area contributed by atoms with Crippen LogP contribution >= 0.6 is 15.9 Å². The third-order valence-electron chi connectivity index (χ3n) is 4.88. The van der Waals surface area contributed by atoms with Crippen molar-refractivity contribution in [2.24, 2.45) is 0 Å². The van der Waals surface area contributed by atoms with E-state index in [-0.39, 0.29) is 12.1 Å². The van der Waals surface area contributed by atoms with Gasteiger partial charge in [0.15, 0.2) is 11.1 Å². The number of carboxylic acid groups (broad SMARTS) is 1. The number of hydrogen-bond acceptors (Lipinski definition) is 5. The minimum Gasteiger partial charge on any atom is -0.494 e. The van der Waals surface area contributed by atoms with Crippen LogP contribution in [0.25, 0.3) is 11.1 Å². The smallest absolute Gasteiger partial charge is 0.407 e. The number of piperazine rings is 1. The molecule has 0 saturated carbocycles. The lowest BCUT2D eigenvalue weighted by Gasteiger charge is -2.48. The van der Waals surface area contributed by atoms with Crippen LogP contribution in [0.1, 0.15) is 19.3 Å². The third-order valence-corrected chi connectivity index (χ3v) is 5.51. The number of anilines is 1. The van der Waals surface area contributed by atoms with Crippen molar-refractivity contribution in [3.05, 3.63) is 16.6 Å². The van der Waals surface area contributed by atoms with Crippen molar-refractivity contribution in [2.75, 3.05) is 25.1 Å². The molecule has 0 spiro atoms. The summed E-state index contributed by atoms with van der Waals surface area (Å²) in [6.45, 7) is 1.21. The number of oxazole rings is 1. The molecule has 1 aromatic carbocycles. The average molecular weight is 396 g/mol. The van der Waals surface area contributed by atoms with E-state index in [1.807, 2.05) is 12.1 Å². The molecule has 2 aliphatic heterocycles. The first-order valence-corrected chi connectivity index (χ1v) is 8.77. The number of rotatable bonds is 2. The Bertz CT molecular complexity index is 779. The zero-order valence-corrected chi connectivity index (χ0v) is 14.8. The minimum atomic E-state index is -0.827. The van der Waals surface area contributed by atoms with E-state index < -0.39 is 6.09 Å². The van der Waals surface area contributed by atoms with Gasteiger partial charge >= 0.3 is 6.09 Å². The number of ether oxygens (including phenoxy) is 1. The predicted octanol–water partition coefficient (Wildman–Crippen LogP) is 3.32. The maximum atomic E-state index is 11.5. The fourth-order valence-corrected chi connectivity index (χ4v) is 4.22. The average Bonchev–Trinajstić information content (AvgIpc) is 3.00. The van der Waals surface area contributed by atoms with Gasteiger partial charge < -0.3 is 19.2 Å². The molecule has 2 aromatic rings. The number of nitrogens with zero attached hydrogens (tertiary/aromatic N) is 3. The Morgan fingerprint density at radius 2 is 2.08 bits per heavy atom. The van der Waals surface area contributed by atoms with Crippen LogP contribution in [0.15, 0.2) is 21.0 Å². The van der Waals surface area contributed by atoms with Crippen LogP contribution in [-0.4, -0.2) is 53.4 Å². The summed E-state index contributed by atoms with van der Waals surface area (Å²) in [6.07, 6.45) is 2.00. The molecule has 8 heteroatoms. The second-order valence-electron chi connectivity index (χ2n) is 6.26. The standard InChI is InChI=1S/C16H18BrN3O4/c1-23-12-6-5-11(17)14-13(12)18-15(24-14)19-7-9-3-2-4-10(8-19)20(9)16(21)22/h5-6,9-10H,2-4,7-8H2,1H3,(H,21,22). The normalized spacial score (nSPS) is 23.6. The number of hydrogen-bond donors (Lipinski definition) is 1. The molecule has 128 valence electrons. The molecule has 2 saturated heterocycles. The monoisotopic (exact) mass is 395 g/mol. The molecule has 2 unspecified atom stereocenters. The molecule has 24 heavy (non-hydrogen) atoms. The van der Waals surface area contributed by atoms with E-state index >= 15 is 0 Å². The maximum Gasteiger partial charge on any atom is 0.407 e. The fraction of sp³-hybridized carbons (Fsp3) is 0.500. The molecule has 2 atom stereocenters. The molecule has 2 bridgehead atoms. The summed E-state index contributed by atoms with van der Waals surface area (Å²) >= 11 is 3.48. The largest absolute Gasteiger partial charge is 0.494 e. The Labute approximate surface area is 147 Å². The Balaban J connectivity index is 1.69. The van der Waals surface area contributed by atoms with Crippen molar-refractivity contribution >= 4 is 39.1 Å². The fourth-order valence-electron chi connectivity index (χ4n) is 3.82. The Hall–Kier alpha value is -1.96. The lowest BCUT2D eigenvalue weighted by atomic mass is 9.92. The molecule has 0 aliphatic carbocycles. The summed E-state index contributed by atoms with van der Waals surface area (Å²) in [6, 6.07) is 4.23. The molecule has 2 fully saturated rings. The molecular formula is C16H18BrN3O4. The number of carbonyl (C=O) groups is 1. The maximum absolute atomic E-state index is 11.5. The molecule has 4 rings (SSSR count). The van der Waals surface area contributed by atoms with E-state index in [1.54, 1.807) is 12.0 Å². The van der Waals surface area contributed by atoms with Gasteiger partial charge in [0.1, 0.15) is 5.75 Å². The zero-order valence-electron chi connectivity index (χ0n) is 13.2. The van der Waals surface area contributed by atoms with E-state index in [4.69, 9.17) is 9.15 Å². The van der Waals surface area contributed by atoms with Gasteiger partial charge in [0.25, 0.3) is 6.01 Å². The van der Waals surface area contributed by atoms with Crippen LogP contribution in [0.5, 0.6) is 5.75 Å². The highest BCUT2D eigenvalue weighted by atomic mass is 79.9. The van der Waals surface area contributed by atoms with Gasteiger partial charge in [0.2, 0.25) is 0 Å². The first-order valence-electron chi connectivity index (χ1n) is 7.97. The van der Waals surface area contributed by atoms with Crippen molar-refractivity contribution in [1.82, 2.24) is 9.88 Å². The molecule has 1 aromatic heterocycles. The van der Waals surface area contributed by atoms with Crippen LogP contribution in [-0.2, 0) is 0 Å². The van der Waals surface area contributed by atoms with E-state index in [2.05, 4.69) is 25.8 Å². The second-order valence-corrected chi connectivity index (χ2v) is 7.11. The van der Waals surface area contributed by atoms with Crippen LogP contribution in [0.4, 0.5) is 10.8 Å². The number of methoxy groups -OCH3 is 1. The van der Waals surface area contributed by atoms with Gasteiger partial charge in [0, 0.05) is 13.1 Å². The minimum absolute atomic E-state index is 0.00431. The number of benzene rings is 1. The summed E-state index contributed by atoms with van der Waals surface area (Å²) in [5, 5.41) is 9.47. The Morgan fingerprint density at radius 1 is 1.38 bits per heavy atom. The summed E-state index contributed by atoms with van der Waals surface area (Å²) in [5.74, 6) is 0.660. The Kier molecular flexibility index (Phi) is 3.79. The van der Waals surface area contributed by atoms with E-state index in [0.717, 1.165) is 23.7 Å². The van der Waals surface area contributed by atoms with Gasteiger partial charge in [-0.15, -0.1) is 0 Å². The molecule has 1 N–H and O–H groups in total. The van der Waals surface area contributed by atoms with Crippen LogP contribution in [0.2, 0.25) is 0 Å². The SMILES string of the molecule is COc1ccc(Br)c2oc(N3CC4CCCC(C3)N4C(=O)O)nc12. The number of amides is 1. The lowest BCUT2D eigenvalue weighted by molar-refractivity contribution is 0.0593. The Morgan fingerprint density at radius 3 is 2.71 bits per heavy atom. The molecule has 1 amide bonds. The summed E-state index contributed by atoms with van der Waals surface area (Å²) in [4.78, 5) is 19.8. The van der Waals surface area contributed by atoms with Gasteiger partial charge in [-0.05, 0) is 47.3 Å². The van der Waals surface area contributed by atoms with Crippen LogP contribution in [0, 0.1) is 0 Å². The first-order chi connectivity index (χ1) is 11.6. The highest BCUT2D eigenvalue weighted by molar-refractivity contribution is 9.10. The van der Waals surface area contributed by atoms with Gasteiger partial charge in [-0.25, -0.2) is 4.79 Å². The summed E-state index contributed by atoms with van der Waals surface area (Å²) in [5.41, 5.74) is 1.32. The first kappa shape index (κ1) is 15.6. The van der Waals surface area contributed by atoms with E-state index in [1.165, 1.54) is 0 Å². The third kappa shape index (κ3) is 2.40. The summed E-state index contributed by atoms with van der Waals surface area (Å²) in [7, 11) is 1.60. The quantitative estimate of drug-likeness (QED) is 0.839. The molecule has 0 radical (unpaired) electrons. The van der Waals surface area contributed by atoms with Gasteiger partial charge in [-0.2, -0.15) is 4.98 Å². The van der Waals surface area contributed by atoms with Crippen molar-refractivity contribution < 1.29 is 19.1 Å². The zero-order chi connectivity index (χ0) is 16.8. The van der Waals surface area contributed by atoms with Gasteiger partial charge in [-0.3, -0.25) is 4.90 Å². The van der Waals surface area contributed by atoms with Gasteiger partial charge in [0.05, 0.1) is 23.7 Å². The van der Waals surface area contributed by atoms with E-state index in [0.29, 0.717) is 36.0 Å². The van der Waals surface area contributed by atoms with Crippen molar-refractivity contribution in [2.45, 2.75) is 31.3 Å². The number of piperidine rings is 1. The number of halogens is 1. The lowest BCUT2D eigenvalue weighted by Crippen LogP contribution is -2.62. The van der Waals surface area contributed by atoms with Gasteiger partial charge in [-0.1, -0.05) is 0 Å². The molecule has 2 aliphatic rings. The molecule has 7 nitrogen and oxygen atoms in total. The highest BCUT2D eigenvalue weighted by Crippen LogP contribution is 2.37. The molecular weight excluding hydrogens is 378 g/mol. The van der Waals surface area contributed by atoms with Crippen LogP contribution < -0.4 is 9.64 Å². The van der Waals surface area contributed by atoms with E-state index in [9.17, 15) is 9.90 Å². The van der Waals surface area contributed by atoms with Crippen LogP contribution in [0.3, 0.4) is 0 Å². The topological polar surface area (TPSA) is 79.0 Å². The number of fused-ring (bicyclic) bond motifs is 3. The van der Waals surface area contributed by atoms with Crippen molar-refractivity contribution in [3.63, 3.8) is 0 Å².